The first-order valence-corrected chi connectivity index (χ1v) is 15.0. The molecular formula is C36H31N5. The second-order valence-corrected chi connectivity index (χ2v) is 12.8. The fourth-order valence-corrected chi connectivity index (χ4v) is 8.90. The lowest BCUT2D eigenvalue weighted by molar-refractivity contribution is 0.187. The smallest absolute Gasteiger partial charge is 0.182 e. The molecule has 5 aliphatic rings. The molecule has 3 aromatic heterocycles. The van der Waals surface area contributed by atoms with Crippen LogP contribution in [-0.2, 0) is 5.41 Å². The van der Waals surface area contributed by atoms with Crippen LogP contribution in [-0.4, -0.2) is 24.9 Å². The van der Waals surface area contributed by atoms with Gasteiger partial charge in [0.25, 0.3) is 0 Å². The molecule has 0 N–H and O–H groups in total. The zero-order chi connectivity index (χ0) is 27.3. The minimum atomic E-state index is -0.0286. The van der Waals surface area contributed by atoms with Gasteiger partial charge in [0.2, 0.25) is 0 Å². The molecule has 3 heterocycles. The van der Waals surface area contributed by atoms with Crippen LogP contribution in [0.1, 0.15) is 48.1 Å². The average Bonchev–Trinajstić information content (AvgIpc) is 3.55. The van der Waals surface area contributed by atoms with E-state index in [1.807, 2.05) is 6.20 Å². The fourth-order valence-electron chi connectivity index (χ4n) is 8.90. The van der Waals surface area contributed by atoms with Gasteiger partial charge in [0.15, 0.2) is 17.5 Å². The lowest BCUT2D eigenvalue weighted by Gasteiger charge is -2.42. The maximum absolute atomic E-state index is 5.51. The van der Waals surface area contributed by atoms with Crippen molar-refractivity contribution in [2.75, 3.05) is 0 Å². The topological polar surface area (TPSA) is 64.5 Å². The molecule has 0 aliphatic heterocycles. The number of nitrogens with zero attached hydrogens (tertiary/aromatic N) is 5. The summed E-state index contributed by atoms with van der Waals surface area (Å²) < 4.78 is 0. The first-order chi connectivity index (χ1) is 20.1. The molecule has 41 heavy (non-hydrogen) atoms. The molecule has 10 rings (SSSR count). The van der Waals surface area contributed by atoms with E-state index in [0.717, 1.165) is 34.4 Å². The fraction of sp³-hybridized carbons (Fsp3) is 0.306. The molecule has 200 valence electrons. The van der Waals surface area contributed by atoms with Gasteiger partial charge in [-0.3, -0.25) is 4.98 Å². The van der Waals surface area contributed by atoms with Crippen LogP contribution in [0, 0.1) is 37.5 Å². The van der Waals surface area contributed by atoms with Crippen LogP contribution in [0.15, 0.2) is 79.0 Å². The van der Waals surface area contributed by atoms with E-state index in [-0.39, 0.29) is 5.41 Å². The third kappa shape index (κ3) is 3.26. The molecule has 2 aromatic carbocycles. The number of hydrogen-bond acceptors (Lipinski definition) is 5. The van der Waals surface area contributed by atoms with Gasteiger partial charge >= 0.3 is 0 Å². The van der Waals surface area contributed by atoms with E-state index in [1.54, 1.807) is 0 Å². The van der Waals surface area contributed by atoms with Gasteiger partial charge in [-0.15, -0.1) is 0 Å². The van der Waals surface area contributed by atoms with Crippen molar-refractivity contribution in [2.24, 2.45) is 23.7 Å². The minimum Gasteiger partial charge on any atom is -0.256 e. The largest absolute Gasteiger partial charge is 0.256 e. The van der Waals surface area contributed by atoms with Crippen molar-refractivity contribution in [3.63, 3.8) is 0 Å². The summed E-state index contributed by atoms with van der Waals surface area (Å²) in [6, 6.07) is 25.6. The Morgan fingerprint density at radius 3 is 2.02 bits per heavy atom. The summed E-state index contributed by atoms with van der Waals surface area (Å²) in [7, 11) is 0. The molecule has 5 unspecified atom stereocenters. The highest BCUT2D eigenvalue weighted by Crippen LogP contribution is 2.72. The summed E-state index contributed by atoms with van der Waals surface area (Å²) in [4.78, 5) is 25.4. The molecule has 0 saturated heterocycles. The predicted octanol–water partition coefficient (Wildman–Crippen LogP) is 7.61. The molecule has 1 spiro atoms. The maximum Gasteiger partial charge on any atom is 0.182 e. The van der Waals surface area contributed by atoms with Gasteiger partial charge in [0, 0.05) is 28.3 Å². The molecular weight excluding hydrogens is 502 g/mol. The number of aromatic nitrogens is 5. The molecule has 0 radical (unpaired) electrons. The number of fused-ring (bicyclic) bond motifs is 3. The summed E-state index contributed by atoms with van der Waals surface area (Å²) in [5.74, 6) is 4.96. The van der Waals surface area contributed by atoms with Gasteiger partial charge in [0.05, 0.1) is 11.4 Å². The van der Waals surface area contributed by atoms with Crippen LogP contribution >= 0.6 is 0 Å². The number of benzene rings is 2. The molecule has 5 nitrogen and oxygen atoms in total. The van der Waals surface area contributed by atoms with Crippen molar-refractivity contribution in [2.45, 2.75) is 44.9 Å². The van der Waals surface area contributed by atoms with Crippen LogP contribution in [0.2, 0.25) is 0 Å². The summed E-state index contributed by atoms with van der Waals surface area (Å²) in [6.45, 7) is 4.19. The molecule has 4 bridgehead atoms. The van der Waals surface area contributed by atoms with Crippen molar-refractivity contribution in [3.05, 3.63) is 101 Å². The van der Waals surface area contributed by atoms with Gasteiger partial charge < -0.3 is 0 Å². The van der Waals surface area contributed by atoms with Gasteiger partial charge in [-0.1, -0.05) is 65.7 Å². The summed E-state index contributed by atoms with van der Waals surface area (Å²) >= 11 is 0. The third-order valence-electron chi connectivity index (χ3n) is 10.5. The molecule has 5 aliphatic carbocycles. The second kappa shape index (κ2) is 8.39. The third-order valence-corrected chi connectivity index (χ3v) is 10.5. The molecule has 4 fully saturated rings. The molecule has 5 atom stereocenters. The van der Waals surface area contributed by atoms with E-state index in [4.69, 9.17) is 24.9 Å². The summed E-state index contributed by atoms with van der Waals surface area (Å²) in [5.41, 5.74) is 10.1. The van der Waals surface area contributed by atoms with Crippen molar-refractivity contribution >= 4 is 0 Å². The van der Waals surface area contributed by atoms with Gasteiger partial charge in [-0.05, 0) is 87.0 Å². The Morgan fingerprint density at radius 1 is 0.659 bits per heavy atom. The number of hydrogen-bond donors (Lipinski definition) is 0. The lowest BCUT2D eigenvalue weighted by atomic mass is 9.61. The second-order valence-electron chi connectivity index (χ2n) is 12.8. The quantitative estimate of drug-likeness (QED) is 0.239. The van der Waals surface area contributed by atoms with E-state index in [0.29, 0.717) is 29.3 Å². The van der Waals surface area contributed by atoms with Crippen molar-refractivity contribution in [3.8, 4) is 45.6 Å². The van der Waals surface area contributed by atoms with E-state index >= 15 is 0 Å². The Labute approximate surface area is 240 Å². The van der Waals surface area contributed by atoms with Crippen molar-refractivity contribution < 1.29 is 0 Å². The van der Waals surface area contributed by atoms with Crippen LogP contribution in [0.25, 0.3) is 45.6 Å². The zero-order valence-corrected chi connectivity index (χ0v) is 23.4. The Hall–Kier alpha value is -4.25. The van der Waals surface area contributed by atoms with Gasteiger partial charge in [-0.25, -0.2) is 19.9 Å². The molecule has 5 aromatic rings. The van der Waals surface area contributed by atoms with E-state index < -0.39 is 0 Å². The number of rotatable bonds is 3. The number of pyridine rings is 2. The van der Waals surface area contributed by atoms with E-state index in [9.17, 15) is 0 Å². The SMILES string of the molecule is Cc1ccc(-c2nc(-c3ccc(C)cc3)nc(-c3ccc4c(n3)C3(c5cccnc5-4)C4CC5CC(C4)C3C5)n2)cc1. The molecule has 4 saturated carbocycles. The Morgan fingerprint density at radius 2 is 1.34 bits per heavy atom. The zero-order valence-electron chi connectivity index (χ0n) is 23.4. The monoisotopic (exact) mass is 533 g/mol. The lowest BCUT2D eigenvalue weighted by Crippen LogP contribution is -2.41. The van der Waals surface area contributed by atoms with Gasteiger partial charge in [-0.2, -0.15) is 0 Å². The van der Waals surface area contributed by atoms with E-state index in [1.165, 1.54) is 53.6 Å². The predicted molar refractivity (Wildman–Crippen MR) is 160 cm³/mol. The van der Waals surface area contributed by atoms with E-state index in [2.05, 4.69) is 86.6 Å². The first kappa shape index (κ1) is 23.5. The van der Waals surface area contributed by atoms with Gasteiger partial charge in [0.1, 0.15) is 5.69 Å². The highest BCUT2D eigenvalue weighted by Gasteiger charge is 2.67. The minimum absolute atomic E-state index is 0.0286. The highest BCUT2D eigenvalue weighted by atomic mass is 15.1. The summed E-state index contributed by atoms with van der Waals surface area (Å²) in [6.07, 6.45) is 7.28. The highest BCUT2D eigenvalue weighted by molar-refractivity contribution is 5.79. The average molecular weight is 534 g/mol. The summed E-state index contributed by atoms with van der Waals surface area (Å²) in [5, 5.41) is 0. The van der Waals surface area contributed by atoms with Crippen LogP contribution in [0.4, 0.5) is 0 Å². The molecule has 5 heteroatoms. The Balaban J connectivity index is 1.25. The van der Waals surface area contributed by atoms with Crippen LogP contribution in [0.3, 0.4) is 0 Å². The standard InChI is InChI=1S/C36H31N5/c1-20-5-9-23(10-6-20)33-39-34(24-11-7-21(2)8-12-24)41-35(40-33)30-14-13-27-31-28(4-3-15-37-31)36(32(27)38-30)26-17-22-16-25(19-26)29(36)18-22/h3-15,22,25-26,29H,16-19H2,1-2H3. The first-order valence-electron chi connectivity index (χ1n) is 15.0. The van der Waals surface area contributed by atoms with Crippen molar-refractivity contribution in [1.82, 2.24) is 24.9 Å². The maximum atomic E-state index is 5.51. The molecule has 0 amide bonds. The van der Waals surface area contributed by atoms with Crippen LogP contribution in [0.5, 0.6) is 0 Å². The Kier molecular flexibility index (Phi) is 4.80. The Bertz CT molecular complexity index is 1780. The van der Waals surface area contributed by atoms with Crippen LogP contribution < -0.4 is 0 Å². The van der Waals surface area contributed by atoms with Crippen molar-refractivity contribution in [1.29, 1.82) is 0 Å². The number of aryl methyl sites for hydroxylation is 2. The normalized spacial score (nSPS) is 26.5.